The highest BCUT2D eigenvalue weighted by Gasteiger charge is 2.36. The molecule has 4 aromatic carbocycles. The number of hydrogen-bond donors (Lipinski definition) is 1. The molecule has 0 radical (unpaired) electrons. The van der Waals surface area contributed by atoms with Crippen molar-refractivity contribution in [3.05, 3.63) is 126 Å². The van der Waals surface area contributed by atoms with Crippen molar-refractivity contribution in [3.8, 4) is 5.75 Å². The molecule has 0 aliphatic heterocycles. The molecule has 1 fully saturated rings. The van der Waals surface area contributed by atoms with Crippen molar-refractivity contribution in [2.45, 2.75) is 69.5 Å². The largest absolute Gasteiger partial charge is 0.494 e. The topological polar surface area (TPSA) is 96.0 Å². The Morgan fingerprint density at radius 1 is 0.896 bits per heavy atom. The first-order chi connectivity index (χ1) is 23.2. The Morgan fingerprint density at radius 3 is 2.19 bits per heavy atom. The summed E-state index contributed by atoms with van der Waals surface area (Å²) in [5.74, 6) is -1.01. The Kier molecular flexibility index (Phi) is 11.5. The SMILES string of the molecule is CCOc1ccc(S(=O)(=O)N(CC(=O)N(Cc2ccccc2F)[C@H](Cc2ccccc2)C(=O)NC2CCCC2)c2ccc(C)cc2)cc1. The minimum absolute atomic E-state index is 0.0229. The van der Waals surface area contributed by atoms with E-state index in [1.807, 2.05) is 44.2 Å². The quantitative estimate of drug-likeness (QED) is 0.167. The number of sulfonamides is 1. The normalized spacial score (nSPS) is 13.9. The van der Waals surface area contributed by atoms with E-state index in [4.69, 9.17) is 4.74 Å². The predicted molar refractivity (Wildman–Crippen MR) is 185 cm³/mol. The van der Waals surface area contributed by atoms with Crippen LogP contribution in [0.1, 0.15) is 49.3 Å². The monoisotopic (exact) mass is 671 g/mol. The van der Waals surface area contributed by atoms with Gasteiger partial charge < -0.3 is 15.0 Å². The third-order valence-electron chi connectivity index (χ3n) is 8.59. The fourth-order valence-corrected chi connectivity index (χ4v) is 7.39. The van der Waals surface area contributed by atoms with E-state index in [1.165, 1.54) is 23.1 Å². The molecule has 0 spiro atoms. The van der Waals surface area contributed by atoms with E-state index in [2.05, 4.69) is 5.32 Å². The number of anilines is 1. The molecule has 0 heterocycles. The summed E-state index contributed by atoms with van der Waals surface area (Å²) >= 11 is 0. The lowest BCUT2D eigenvalue weighted by Crippen LogP contribution is -2.54. The summed E-state index contributed by atoms with van der Waals surface area (Å²) in [6.45, 7) is 3.29. The van der Waals surface area contributed by atoms with Gasteiger partial charge in [0, 0.05) is 24.6 Å². The van der Waals surface area contributed by atoms with Gasteiger partial charge in [-0.1, -0.05) is 79.1 Å². The Hall–Kier alpha value is -4.70. The van der Waals surface area contributed by atoms with Gasteiger partial charge in [0.1, 0.15) is 24.2 Å². The molecule has 1 aliphatic carbocycles. The van der Waals surface area contributed by atoms with Gasteiger partial charge >= 0.3 is 0 Å². The van der Waals surface area contributed by atoms with Gasteiger partial charge in [-0.3, -0.25) is 13.9 Å². The number of hydrogen-bond acceptors (Lipinski definition) is 5. The first-order valence-corrected chi connectivity index (χ1v) is 17.8. The summed E-state index contributed by atoms with van der Waals surface area (Å²) in [5.41, 5.74) is 2.22. The standard InChI is InChI=1S/C38H42FN3O5S/c1-3-47-33-21-23-34(24-22-33)48(45,46)42(32-19-17-28(2)18-20-32)27-37(43)41(26-30-13-7-10-16-35(30)39)36(25-29-11-5-4-6-12-29)38(44)40-31-14-8-9-15-31/h4-7,10-13,16-24,31,36H,3,8-9,14-15,25-27H2,1-2H3,(H,40,44)/t36-/m1/s1. The van der Waals surface area contributed by atoms with Crippen molar-refractivity contribution in [2.75, 3.05) is 17.5 Å². The number of nitrogens with zero attached hydrogens (tertiary/aromatic N) is 2. The zero-order chi connectivity index (χ0) is 34.1. The zero-order valence-corrected chi connectivity index (χ0v) is 28.2. The summed E-state index contributed by atoms with van der Waals surface area (Å²) in [6, 6.07) is 27.2. The van der Waals surface area contributed by atoms with Crippen molar-refractivity contribution >= 4 is 27.5 Å². The molecule has 1 aliphatic rings. The molecule has 5 rings (SSSR count). The zero-order valence-electron chi connectivity index (χ0n) is 27.3. The molecule has 1 atom stereocenters. The van der Waals surface area contributed by atoms with Gasteiger partial charge in [-0.15, -0.1) is 0 Å². The number of amides is 2. The van der Waals surface area contributed by atoms with Crippen LogP contribution in [0.2, 0.25) is 0 Å². The van der Waals surface area contributed by atoms with Crippen molar-refractivity contribution in [2.24, 2.45) is 0 Å². The van der Waals surface area contributed by atoms with E-state index in [0.717, 1.165) is 41.1 Å². The molecular formula is C38H42FN3O5S. The Morgan fingerprint density at radius 2 is 1.54 bits per heavy atom. The fraction of sp³-hybridized carbons (Fsp3) is 0.316. The highest BCUT2D eigenvalue weighted by Crippen LogP contribution is 2.27. The van der Waals surface area contributed by atoms with E-state index in [-0.39, 0.29) is 41.1 Å². The lowest BCUT2D eigenvalue weighted by molar-refractivity contribution is -0.140. The third-order valence-corrected chi connectivity index (χ3v) is 10.4. The van der Waals surface area contributed by atoms with Gasteiger partial charge in [-0.25, -0.2) is 12.8 Å². The number of ether oxygens (including phenoxy) is 1. The molecule has 1 N–H and O–H groups in total. The highest BCUT2D eigenvalue weighted by molar-refractivity contribution is 7.92. The molecule has 48 heavy (non-hydrogen) atoms. The van der Waals surface area contributed by atoms with E-state index >= 15 is 4.39 Å². The minimum atomic E-state index is -4.28. The molecule has 252 valence electrons. The number of halogens is 1. The van der Waals surface area contributed by atoms with Crippen LogP contribution >= 0.6 is 0 Å². The van der Waals surface area contributed by atoms with Gasteiger partial charge in [0.25, 0.3) is 10.0 Å². The predicted octanol–water partition coefficient (Wildman–Crippen LogP) is 6.43. The van der Waals surface area contributed by atoms with Crippen LogP contribution < -0.4 is 14.4 Å². The number of carbonyl (C=O) groups excluding carboxylic acids is 2. The van der Waals surface area contributed by atoms with Crippen LogP contribution in [0.15, 0.2) is 108 Å². The van der Waals surface area contributed by atoms with Crippen LogP contribution in [0.5, 0.6) is 5.75 Å². The molecule has 1 saturated carbocycles. The highest BCUT2D eigenvalue weighted by atomic mass is 32.2. The number of aryl methyl sites for hydroxylation is 1. The maximum atomic E-state index is 15.1. The number of carbonyl (C=O) groups is 2. The summed E-state index contributed by atoms with van der Waals surface area (Å²) in [6.07, 6.45) is 3.84. The molecule has 4 aromatic rings. The minimum Gasteiger partial charge on any atom is -0.494 e. The molecule has 0 aromatic heterocycles. The van der Waals surface area contributed by atoms with Gasteiger partial charge in [0.05, 0.1) is 17.2 Å². The second kappa shape index (κ2) is 15.9. The van der Waals surface area contributed by atoms with Crippen LogP contribution in [0.25, 0.3) is 0 Å². The lowest BCUT2D eigenvalue weighted by Gasteiger charge is -2.34. The van der Waals surface area contributed by atoms with Crippen LogP contribution in [0, 0.1) is 12.7 Å². The molecule has 8 nitrogen and oxygen atoms in total. The summed E-state index contributed by atoms with van der Waals surface area (Å²) in [4.78, 5) is 30.0. The molecular weight excluding hydrogens is 629 g/mol. The number of benzene rings is 4. The summed E-state index contributed by atoms with van der Waals surface area (Å²) in [7, 11) is -4.28. The fourth-order valence-electron chi connectivity index (χ4n) is 5.97. The maximum Gasteiger partial charge on any atom is 0.264 e. The van der Waals surface area contributed by atoms with Gasteiger partial charge in [0.2, 0.25) is 11.8 Å². The van der Waals surface area contributed by atoms with E-state index < -0.39 is 34.3 Å². The van der Waals surface area contributed by atoms with Crippen LogP contribution in [-0.4, -0.2) is 50.4 Å². The van der Waals surface area contributed by atoms with Gasteiger partial charge in [-0.2, -0.15) is 0 Å². The Balaban J connectivity index is 1.56. The number of nitrogens with one attached hydrogen (secondary N) is 1. The average Bonchev–Trinajstić information content (AvgIpc) is 3.60. The van der Waals surface area contributed by atoms with Crippen LogP contribution in [0.4, 0.5) is 10.1 Å². The second-order valence-electron chi connectivity index (χ2n) is 12.1. The van der Waals surface area contributed by atoms with E-state index in [0.29, 0.717) is 12.4 Å². The van der Waals surface area contributed by atoms with Crippen molar-refractivity contribution in [3.63, 3.8) is 0 Å². The molecule has 2 amide bonds. The van der Waals surface area contributed by atoms with Gasteiger partial charge in [-0.05, 0) is 74.7 Å². The van der Waals surface area contributed by atoms with Gasteiger partial charge in [0.15, 0.2) is 0 Å². The van der Waals surface area contributed by atoms with Crippen molar-refractivity contribution in [1.29, 1.82) is 0 Å². The van der Waals surface area contributed by atoms with Crippen LogP contribution in [-0.2, 0) is 32.6 Å². The maximum absolute atomic E-state index is 15.1. The average molecular weight is 672 g/mol. The summed E-state index contributed by atoms with van der Waals surface area (Å²) in [5, 5.41) is 3.13. The Bertz CT molecular complexity index is 1780. The van der Waals surface area contributed by atoms with Crippen molar-refractivity contribution in [1.82, 2.24) is 10.2 Å². The smallest absolute Gasteiger partial charge is 0.264 e. The molecule has 0 unspecified atom stereocenters. The van der Waals surface area contributed by atoms with Crippen LogP contribution in [0.3, 0.4) is 0 Å². The lowest BCUT2D eigenvalue weighted by atomic mass is 10.0. The van der Waals surface area contributed by atoms with E-state index in [9.17, 15) is 18.0 Å². The van der Waals surface area contributed by atoms with E-state index in [1.54, 1.807) is 54.6 Å². The first kappa shape index (κ1) is 34.6. The summed E-state index contributed by atoms with van der Waals surface area (Å²) < 4.78 is 50.2. The third kappa shape index (κ3) is 8.60. The Labute approximate surface area is 282 Å². The second-order valence-corrected chi connectivity index (χ2v) is 13.9. The molecule has 0 bridgehead atoms. The first-order valence-electron chi connectivity index (χ1n) is 16.3. The molecule has 10 heteroatoms. The van der Waals surface area contributed by atoms with Crippen molar-refractivity contribution < 1.29 is 27.1 Å². The molecule has 0 saturated heterocycles. The number of rotatable bonds is 14.